The molecule has 11 rings (SSSR count). The Morgan fingerprint density at radius 2 is 1.22 bits per heavy atom. The average Bonchev–Trinajstić information content (AvgIpc) is 4.22. The summed E-state index contributed by atoms with van der Waals surface area (Å²) in [6.45, 7) is 8.08. The fraction of sp³-hybridized carbons (Fsp3) is 0.386. The molecule has 4 saturated heterocycles. The molecule has 10 nitrogen and oxygen atoms in total. The maximum atomic E-state index is 14.7. The fourth-order valence-corrected chi connectivity index (χ4v) is 11.7. The number of aryl methyl sites for hydroxylation is 1. The molecule has 4 fully saturated rings. The lowest BCUT2D eigenvalue weighted by Crippen LogP contribution is -2.47. The molecule has 67 heavy (non-hydrogen) atoms. The van der Waals surface area contributed by atoms with Crippen molar-refractivity contribution in [2.24, 2.45) is 5.92 Å². The van der Waals surface area contributed by atoms with Crippen LogP contribution in [0.5, 0.6) is 0 Å². The zero-order chi connectivity index (χ0) is 45.3. The number of likely N-dealkylation sites (tertiary alicyclic amines) is 2. The summed E-state index contributed by atoms with van der Waals surface area (Å²) < 4.78 is 11.4. The summed E-state index contributed by atoms with van der Waals surface area (Å²) in [6, 6.07) is 42.3. The molecule has 4 aliphatic heterocycles. The van der Waals surface area contributed by atoms with Gasteiger partial charge in [0.2, 0.25) is 11.8 Å². The van der Waals surface area contributed by atoms with E-state index in [1.165, 1.54) is 16.6 Å². The van der Waals surface area contributed by atoms with Crippen molar-refractivity contribution in [3.05, 3.63) is 150 Å². The van der Waals surface area contributed by atoms with Crippen molar-refractivity contribution in [1.82, 2.24) is 29.7 Å². The molecule has 0 spiro atoms. The zero-order valence-corrected chi connectivity index (χ0v) is 38.7. The van der Waals surface area contributed by atoms with Gasteiger partial charge in [0.15, 0.2) is 0 Å². The lowest BCUT2D eigenvalue weighted by Gasteiger charge is -2.37. The Balaban J connectivity index is 0.813. The number of amides is 2. The zero-order valence-electron chi connectivity index (χ0n) is 38.7. The van der Waals surface area contributed by atoms with Crippen molar-refractivity contribution < 1.29 is 19.1 Å². The molecule has 0 radical (unpaired) electrons. The second-order valence-electron chi connectivity index (χ2n) is 19.2. The number of carbonyl (C=O) groups is 2. The number of hydrogen-bond donors (Lipinski definition) is 2. The predicted octanol–water partition coefficient (Wildman–Crippen LogP) is 10.9. The maximum Gasteiger partial charge on any atom is 0.245 e. The monoisotopic (exact) mass is 894 g/mol. The first-order chi connectivity index (χ1) is 33.0. The van der Waals surface area contributed by atoms with Gasteiger partial charge in [-0.05, 0) is 114 Å². The van der Waals surface area contributed by atoms with Gasteiger partial charge in [-0.1, -0.05) is 110 Å². The van der Waals surface area contributed by atoms with E-state index < -0.39 is 0 Å². The number of rotatable bonds is 12. The lowest BCUT2D eigenvalue weighted by atomic mass is 9.84. The van der Waals surface area contributed by atoms with Crippen LogP contribution in [0.15, 0.2) is 121 Å². The molecule has 10 heteroatoms. The van der Waals surface area contributed by atoms with E-state index in [1.54, 1.807) is 0 Å². The van der Waals surface area contributed by atoms with E-state index in [0.29, 0.717) is 19.1 Å². The number of fused-ring (bicyclic) bond motifs is 2. The van der Waals surface area contributed by atoms with Crippen molar-refractivity contribution in [2.45, 2.75) is 82.3 Å². The smallest absolute Gasteiger partial charge is 0.245 e. The van der Waals surface area contributed by atoms with Crippen LogP contribution in [-0.2, 0) is 25.5 Å². The minimum Gasteiger partial charge on any atom is -0.381 e. The Morgan fingerprint density at radius 3 is 1.91 bits per heavy atom. The standard InChI is InChI=1S/C57H62N6O4/c1-2-45-46-23-21-43(36-49(46)58-53(45)51-15-9-27-62(51)57(65)54(42-13-7-4-8-14-42)61-29-33-67-34-30-61)39-17-19-40(20-18-39)44-22-24-48-50(37-44)60-55(59-48)52-16-10-28-63(52)56(64)47(41-11-5-3-6-12-41)35-38-25-31-66-32-26-38/h3-8,11-14,17-24,36-38,47,51-52,54,58H,2,9-10,15-16,25-35H2,1H3,(H,59,60). The van der Waals surface area contributed by atoms with E-state index in [0.717, 1.165) is 147 Å². The third-order valence-electron chi connectivity index (χ3n) is 15.2. The van der Waals surface area contributed by atoms with Gasteiger partial charge in [-0.3, -0.25) is 14.5 Å². The third-order valence-corrected chi connectivity index (χ3v) is 15.2. The van der Waals surface area contributed by atoms with Gasteiger partial charge in [-0.2, -0.15) is 0 Å². The number of morpholine rings is 1. The van der Waals surface area contributed by atoms with Crippen LogP contribution in [-0.4, -0.2) is 94.1 Å². The van der Waals surface area contributed by atoms with E-state index in [-0.39, 0.29) is 35.9 Å². The maximum absolute atomic E-state index is 14.7. The van der Waals surface area contributed by atoms with Gasteiger partial charge in [0.05, 0.1) is 42.2 Å². The van der Waals surface area contributed by atoms with Gasteiger partial charge in [0.25, 0.3) is 0 Å². The first kappa shape index (κ1) is 43.5. The molecule has 2 N–H and O–H groups in total. The number of nitrogens with zero attached hydrogens (tertiary/aromatic N) is 4. The highest BCUT2D eigenvalue weighted by Gasteiger charge is 2.40. The van der Waals surface area contributed by atoms with Crippen LogP contribution >= 0.6 is 0 Å². The van der Waals surface area contributed by atoms with Gasteiger partial charge in [-0.15, -0.1) is 0 Å². The van der Waals surface area contributed by atoms with Crippen molar-refractivity contribution in [3.8, 4) is 22.3 Å². The third kappa shape index (κ3) is 8.71. The Bertz CT molecular complexity index is 2830. The summed E-state index contributed by atoms with van der Waals surface area (Å²) in [5.41, 5.74) is 12.2. The van der Waals surface area contributed by atoms with Gasteiger partial charge in [0, 0.05) is 56.0 Å². The number of nitrogens with one attached hydrogen (secondary N) is 2. The van der Waals surface area contributed by atoms with Crippen LogP contribution in [0, 0.1) is 5.92 Å². The minimum absolute atomic E-state index is 0.00641. The normalized spacial score (nSPS) is 20.5. The summed E-state index contributed by atoms with van der Waals surface area (Å²) >= 11 is 0. The molecule has 2 aromatic heterocycles. The van der Waals surface area contributed by atoms with Crippen LogP contribution in [0.2, 0.25) is 0 Å². The predicted molar refractivity (Wildman–Crippen MR) is 264 cm³/mol. The Morgan fingerprint density at radius 1 is 0.627 bits per heavy atom. The van der Waals surface area contributed by atoms with Gasteiger partial charge < -0.3 is 29.2 Å². The molecule has 0 aliphatic carbocycles. The topological polar surface area (TPSA) is 107 Å². The molecular weight excluding hydrogens is 833 g/mol. The molecule has 344 valence electrons. The highest BCUT2D eigenvalue weighted by molar-refractivity contribution is 5.91. The van der Waals surface area contributed by atoms with E-state index in [1.807, 2.05) is 24.3 Å². The lowest BCUT2D eigenvalue weighted by molar-refractivity contribution is -0.140. The molecule has 4 aliphatic rings. The van der Waals surface area contributed by atoms with E-state index in [2.05, 4.69) is 129 Å². The van der Waals surface area contributed by atoms with Crippen LogP contribution in [0.4, 0.5) is 0 Å². The Hall–Kier alpha value is -6.07. The molecule has 4 atom stereocenters. The van der Waals surface area contributed by atoms with Crippen LogP contribution in [0.3, 0.4) is 0 Å². The number of aromatic nitrogens is 3. The Labute approximate surface area is 393 Å². The van der Waals surface area contributed by atoms with E-state index in [9.17, 15) is 9.59 Å². The molecule has 2 amide bonds. The summed E-state index contributed by atoms with van der Waals surface area (Å²) in [5.74, 6) is 1.59. The highest BCUT2D eigenvalue weighted by Crippen LogP contribution is 2.42. The Kier molecular flexibility index (Phi) is 12.5. The van der Waals surface area contributed by atoms with E-state index >= 15 is 0 Å². The van der Waals surface area contributed by atoms with Crippen LogP contribution in [0.1, 0.15) is 104 Å². The summed E-state index contributed by atoms with van der Waals surface area (Å²) in [6.07, 6.45) is 7.56. The number of hydrogen-bond acceptors (Lipinski definition) is 6. The van der Waals surface area contributed by atoms with Crippen molar-refractivity contribution in [1.29, 1.82) is 0 Å². The summed E-state index contributed by atoms with van der Waals surface area (Å²) in [7, 11) is 0. The quantitative estimate of drug-likeness (QED) is 0.127. The molecule has 0 saturated carbocycles. The molecule has 5 aromatic carbocycles. The van der Waals surface area contributed by atoms with Crippen molar-refractivity contribution >= 4 is 33.8 Å². The largest absolute Gasteiger partial charge is 0.381 e. The first-order valence-electron chi connectivity index (χ1n) is 24.9. The van der Waals surface area contributed by atoms with Gasteiger partial charge in [0.1, 0.15) is 11.9 Å². The second-order valence-corrected chi connectivity index (χ2v) is 19.2. The number of benzene rings is 5. The molecular formula is C57H62N6O4. The van der Waals surface area contributed by atoms with Crippen molar-refractivity contribution in [2.75, 3.05) is 52.6 Å². The van der Waals surface area contributed by atoms with Crippen LogP contribution < -0.4 is 0 Å². The second kappa shape index (κ2) is 19.3. The number of aromatic amines is 2. The summed E-state index contributed by atoms with van der Waals surface area (Å²) in [4.78, 5) is 48.4. The number of imidazole rings is 1. The van der Waals surface area contributed by atoms with Gasteiger partial charge >= 0.3 is 0 Å². The summed E-state index contributed by atoms with van der Waals surface area (Å²) in [5, 5.41) is 1.23. The minimum atomic E-state index is -0.320. The number of H-pyrrole nitrogens is 2. The average molecular weight is 895 g/mol. The SMILES string of the molecule is CCc1c(C2CCCN2C(=O)C(c2ccccc2)N2CCOCC2)[nH]c2cc(-c3ccc(-c4ccc5nc(C6CCCN6C(=O)C(CC6CCOCC6)c6ccccc6)[nH]c5c4)cc3)ccc12. The van der Waals surface area contributed by atoms with Gasteiger partial charge in [-0.25, -0.2) is 4.98 Å². The van der Waals surface area contributed by atoms with E-state index in [4.69, 9.17) is 14.5 Å². The molecule has 0 bridgehead atoms. The van der Waals surface area contributed by atoms with Crippen molar-refractivity contribution in [3.63, 3.8) is 0 Å². The first-order valence-corrected chi connectivity index (χ1v) is 24.9. The fourth-order valence-electron chi connectivity index (χ4n) is 11.7. The highest BCUT2D eigenvalue weighted by atomic mass is 16.5. The molecule has 7 aromatic rings. The number of ether oxygens (including phenoxy) is 2. The number of carbonyl (C=O) groups excluding carboxylic acids is 2. The molecule has 6 heterocycles. The molecule has 4 unspecified atom stereocenters. The van der Waals surface area contributed by atoms with Crippen LogP contribution in [0.25, 0.3) is 44.2 Å².